The van der Waals surface area contributed by atoms with Gasteiger partial charge in [-0.25, -0.2) is 4.39 Å². The van der Waals surface area contributed by atoms with Crippen molar-refractivity contribution >= 4 is 23.1 Å². The lowest BCUT2D eigenvalue weighted by molar-refractivity contribution is -0.118. The minimum Gasteiger partial charge on any atom is -0.379 e. The van der Waals surface area contributed by atoms with E-state index >= 15 is 0 Å². The first-order valence-electron chi connectivity index (χ1n) is 10.3. The minimum absolute atomic E-state index is 0.0679. The van der Waals surface area contributed by atoms with Crippen molar-refractivity contribution < 1.29 is 13.9 Å². The van der Waals surface area contributed by atoms with Crippen molar-refractivity contribution in [1.29, 1.82) is 0 Å². The van der Waals surface area contributed by atoms with E-state index in [1.54, 1.807) is 17.0 Å². The summed E-state index contributed by atoms with van der Waals surface area (Å²) in [5.74, 6) is -0.232. The lowest BCUT2D eigenvalue weighted by atomic mass is 9.87. The van der Waals surface area contributed by atoms with Crippen LogP contribution in [0, 0.1) is 11.2 Å². The molecule has 2 aliphatic rings. The molecular formula is C23H23FN4O2S. The fraction of sp³-hybridized carbons (Fsp3) is 0.348. The molecule has 3 heterocycles. The smallest absolute Gasteiger partial charge is 0.227 e. The van der Waals surface area contributed by atoms with Gasteiger partial charge in [-0.15, -0.1) is 5.10 Å². The van der Waals surface area contributed by atoms with Crippen LogP contribution in [0.1, 0.15) is 12.0 Å². The Hall–Kier alpha value is -2.68. The second-order valence-corrected chi connectivity index (χ2v) is 8.99. The number of benzene rings is 2. The van der Waals surface area contributed by atoms with Gasteiger partial charge in [0.1, 0.15) is 11.5 Å². The molecule has 31 heavy (non-hydrogen) atoms. The second kappa shape index (κ2) is 8.45. The molecule has 1 aromatic heterocycles. The monoisotopic (exact) mass is 438 g/mol. The molecule has 0 N–H and O–H groups in total. The van der Waals surface area contributed by atoms with E-state index in [1.807, 2.05) is 5.38 Å². The Morgan fingerprint density at radius 3 is 2.65 bits per heavy atom. The Morgan fingerprint density at radius 2 is 1.90 bits per heavy atom. The highest BCUT2D eigenvalue weighted by Crippen LogP contribution is 2.37. The van der Waals surface area contributed by atoms with Gasteiger partial charge in [0, 0.05) is 54.6 Å². The first-order chi connectivity index (χ1) is 15.1. The van der Waals surface area contributed by atoms with Gasteiger partial charge >= 0.3 is 0 Å². The molecule has 2 fully saturated rings. The second-order valence-electron chi connectivity index (χ2n) is 8.38. The number of hydrogen-bond acceptors (Lipinski definition) is 6. The molecule has 1 atom stereocenters. The highest BCUT2D eigenvalue weighted by atomic mass is 32.1. The van der Waals surface area contributed by atoms with Gasteiger partial charge in [0.25, 0.3) is 0 Å². The van der Waals surface area contributed by atoms with E-state index in [-0.39, 0.29) is 17.1 Å². The Bertz CT molecular complexity index is 1040. The van der Waals surface area contributed by atoms with E-state index in [4.69, 9.17) is 4.74 Å². The lowest BCUT2D eigenvalue weighted by Gasteiger charge is -2.31. The SMILES string of the molecule is O=C1C[C@@]2(COCCN(Cc3ccc(-c4csnn4)cc3)C2)CN1c1ccc(F)cc1. The molecule has 0 bridgehead atoms. The highest BCUT2D eigenvalue weighted by molar-refractivity contribution is 7.03. The molecule has 3 aromatic rings. The molecule has 5 rings (SSSR count). The molecule has 1 spiro atoms. The number of carbonyl (C=O) groups excluding carboxylic acids is 1. The minimum atomic E-state index is -0.300. The van der Waals surface area contributed by atoms with Crippen LogP contribution >= 0.6 is 11.5 Å². The van der Waals surface area contributed by atoms with Gasteiger partial charge in [0.2, 0.25) is 5.91 Å². The summed E-state index contributed by atoms with van der Waals surface area (Å²) < 4.78 is 23.1. The molecule has 2 saturated heterocycles. The molecule has 0 aliphatic carbocycles. The predicted molar refractivity (Wildman–Crippen MR) is 117 cm³/mol. The van der Waals surface area contributed by atoms with Crippen molar-refractivity contribution in [3.63, 3.8) is 0 Å². The molecule has 2 aromatic carbocycles. The zero-order valence-corrected chi connectivity index (χ0v) is 17.9. The molecule has 0 unspecified atom stereocenters. The van der Waals surface area contributed by atoms with Gasteiger partial charge in [-0.2, -0.15) is 0 Å². The van der Waals surface area contributed by atoms with Crippen LogP contribution < -0.4 is 4.90 Å². The maximum atomic E-state index is 13.3. The van der Waals surface area contributed by atoms with Crippen molar-refractivity contribution in [2.24, 2.45) is 5.41 Å². The van der Waals surface area contributed by atoms with E-state index in [0.29, 0.717) is 26.2 Å². The van der Waals surface area contributed by atoms with E-state index in [0.717, 1.165) is 36.6 Å². The largest absolute Gasteiger partial charge is 0.379 e. The van der Waals surface area contributed by atoms with E-state index in [1.165, 1.54) is 29.2 Å². The number of rotatable bonds is 4. The number of amides is 1. The molecule has 2 aliphatic heterocycles. The van der Waals surface area contributed by atoms with Crippen molar-refractivity contribution in [2.45, 2.75) is 13.0 Å². The van der Waals surface area contributed by atoms with Gasteiger partial charge in [-0.1, -0.05) is 28.8 Å². The molecule has 8 heteroatoms. The standard InChI is InChI=1S/C23H23FN4O2S/c24-19-5-7-20(8-6-19)28-15-23(11-22(28)29)14-27(9-10-30-16-23)12-17-1-3-18(4-2-17)21-13-31-26-25-21/h1-8,13H,9-12,14-16H2/t23-/m0/s1. The Labute approximate surface area is 184 Å². The van der Waals surface area contributed by atoms with Crippen LogP contribution in [0.15, 0.2) is 53.9 Å². The van der Waals surface area contributed by atoms with E-state index in [2.05, 4.69) is 38.8 Å². The number of carbonyl (C=O) groups is 1. The molecule has 0 radical (unpaired) electrons. The summed E-state index contributed by atoms with van der Waals surface area (Å²) >= 11 is 1.35. The molecular weight excluding hydrogens is 415 g/mol. The number of hydrogen-bond donors (Lipinski definition) is 0. The average Bonchev–Trinajstić information content (AvgIpc) is 3.36. The van der Waals surface area contributed by atoms with Crippen LogP contribution in [0.2, 0.25) is 0 Å². The maximum Gasteiger partial charge on any atom is 0.227 e. The predicted octanol–water partition coefficient (Wildman–Crippen LogP) is 3.60. The fourth-order valence-electron chi connectivity index (χ4n) is 4.50. The number of anilines is 1. The molecule has 6 nitrogen and oxygen atoms in total. The van der Waals surface area contributed by atoms with Crippen molar-refractivity contribution in [3.05, 3.63) is 65.3 Å². The maximum absolute atomic E-state index is 13.3. The van der Waals surface area contributed by atoms with Crippen LogP contribution in [0.4, 0.5) is 10.1 Å². The third-order valence-corrected chi connectivity index (χ3v) is 6.50. The fourth-order valence-corrected chi connectivity index (χ4v) is 4.97. The van der Waals surface area contributed by atoms with Crippen LogP contribution in [0.5, 0.6) is 0 Å². The Kier molecular flexibility index (Phi) is 5.52. The van der Waals surface area contributed by atoms with Crippen LogP contribution in [0.25, 0.3) is 11.3 Å². The topological polar surface area (TPSA) is 58.6 Å². The molecule has 0 saturated carbocycles. The van der Waals surface area contributed by atoms with Crippen molar-refractivity contribution in [3.8, 4) is 11.3 Å². The summed E-state index contributed by atoms with van der Waals surface area (Å²) in [6, 6.07) is 14.5. The van der Waals surface area contributed by atoms with Gasteiger partial charge in [-0.3, -0.25) is 9.69 Å². The highest BCUT2D eigenvalue weighted by Gasteiger charge is 2.46. The van der Waals surface area contributed by atoms with Gasteiger partial charge in [0.15, 0.2) is 0 Å². The quantitative estimate of drug-likeness (QED) is 0.623. The summed E-state index contributed by atoms with van der Waals surface area (Å²) in [4.78, 5) is 16.9. The summed E-state index contributed by atoms with van der Waals surface area (Å²) in [7, 11) is 0. The summed E-state index contributed by atoms with van der Waals surface area (Å²) in [6.07, 6.45) is 0.441. The average molecular weight is 439 g/mol. The van der Waals surface area contributed by atoms with Gasteiger partial charge in [0.05, 0.1) is 13.2 Å². The number of ether oxygens (including phenoxy) is 1. The van der Waals surface area contributed by atoms with Gasteiger partial charge in [-0.05, 0) is 41.4 Å². The Morgan fingerprint density at radius 1 is 1.10 bits per heavy atom. The van der Waals surface area contributed by atoms with Crippen molar-refractivity contribution in [2.75, 3.05) is 37.7 Å². The first kappa shape index (κ1) is 20.2. The molecule has 1 amide bonds. The lowest BCUT2D eigenvalue weighted by Crippen LogP contribution is -2.40. The van der Waals surface area contributed by atoms with Crippen LogP contribution in [0.3, 0.4) is 0 Å². The summed E-state index contributed by atoms with van der Waals surface area (Å²) in [5, 5.41) is 6.06. The van der Waals surface area contributed by atoms with Crippen molar-refractivity contribution in [1.82, 2.24) is 14.5 Å². The number of aromatic nitrogens is 2. The Balaban J connectivity index is 1.29. The number of nitrogens with zero attached hydrogens (tertiary/aromatic N) is 4. The third-order valence-electron chi connectivity index (χ3n) is 5.99. The van der Waals surface area contributed by atoms with E-state index < -0.39 is 0 Å². The van der Waals surface area contributed by atoms with Crippen LogP contribution in [-0.2, 0) is 16.1 Å². The van der Waals surface area contributed by atoms with E-state index in [9.17, 15) is 9.18 Å². The zero-order valence-electron chi connectivity index (χ0n) is 17.0. The van der Waals surface area contributed by atoms with Gasteiger partial charge < -0.3 is 9.64 Å². The summed E-state index contributed by atoms with van der Waals surface area (Å²) in [5.41, 5.74) is 3.65. The third kappa shape index (κ3) is 4.37. The normalized spacial score (nSPS) is 22.2. The first-order valence-corrected chi connectivity index (χ1v) is 11.2. The van der Waals surface area contributed by atoms with Crippen LogP contribution in [-0.4, -0.2) is 53.2 Å². The molecule has 160 valence electrons. The number of halogens is 1. The summed E-state index contributed by atoms with van der Waals surface area (Å²) in [6.45, 7) is 4.20. The zero-order chi connectivity index (χ0) is 21.3.